The van der Waals surface area contributed by atoms with Gasteiger partial charge in [0.1, 0.15) is 0 Å². The minimum absolute atomic E-state index is 0.0538. The molecule has 7 heteroatoms. The average molecular weight is 345 g/mol. The highest BCUT2D eigenvalue weighted by molar-refractivity contribution is 7.99. The molecule has 1 aliphatic carbocycles. The molecule has 1 aliphatic rings. The quantitative estimate of drug-likeness (QED) is 0.844. The Morgan fingerprint density at radius 3 is 2.92 bits per heavy atom. The zero-order valence-electron chi connectivity index (χ0n) is 14.1. The molecule has 0 aliphatic heterocycles. The number of thioether (sulfide) groups is 1. The summed E-state index contributed by atoms with van der Waals surface area (Å²) in [4.78, 5) is 12.3. The third kappa shape index (κ3) is 3.95. The fourth-order valence-electron chi connectivity index (χ4n) is 3.13. The number of hydrogen-bond acceptors (Lipinski definition) is 5. The van der Waals surface area contributed by atoms with Gasteiger partial charge in [0.25, 0.3) is 0 Å². The van der Waals surface area contributed by atoms with Crippen LogP contribution in [0.5, 0.6) is 0 Å². The summed E-state index contributed by atoms with van der Waals surface area (Å²) in [5.41, 5.74) is 2.03. The van der Waals surface area contributed by atoms with Crippen LogP contribution in [0.15, 0.2) is 29.4 Å². The minimum atomic E-state index is 0.0538. The molecule has 24 heavy (non-hydrogen) atoms. The van der Waals surface area contributed by atoms with Gasteiger partial charge in [-0.2, -0.15) is 4.68 Å². The third-order valence-electron chi connectivity index (χ3n) is 4.57. The lowest BCUT2D eigenvalue weighted by Gasteiger charge is -2.29. The maximum atomic E-state index is 12.3. The lowest BCUT2D eigenvalue weighted by atomic mass is 9.86. The molecular weight excluding hydrogens is 322 g/mol. The van der Waals surface area contributed by atoms with E-state index in [0.29, 0.717) is 22.9 Å². The summed E-state index contributed by atoms with van der Waals surface area (Å²) in [5, 5.41) is 15.7. The fraction of sp³-hybridized carbons (Fsp3) is 0.529. The normalized spacial score (nSPS) is 20.8. The van der Waals surface area contributed by atoms with E-state index >= 15 is 0 Å². The summed E-state index contributed by atoms with van der Waals surface area (Å²) in [6, 6.07) is 8.23. The van der Waals surface area contributed by atoms with Gasteiger partial charge in [0, 0.05) is 6.04 Å². The molecule has 3 rings (SSSR count). The van der Waals surface area contributed by atoms with Crippen LogP contribution in [0, 0.1) is 12.8 Å². The van der Waals surface area contributed by atoms with E-state index in [1.807, 2.05) is 31.2 Å². The van der Waals surface area contributed by atoms with Crippen LogP contribution in [0.3, 0.4) is 0 Å². The van der Waals surface area contributed by atoms with E-state index in [9.17, 15) is 4.79 Å². The molecule has 2 unspecified atom stereocenters. The molecule has 0 spiro atoms. The van der Waals surface area contributed by atoms with Crippen molar-refractivity contribution in [1.29, 1.82) is 0 Å². The first kappa shape index (κ1) is 17.0. The molecule has 0 bridgehead atoms. The topological polar surface area (TPSA) is 72.7 Å². The van der Waals surface area contributed by atoms with Crippen LogP contribution < -0.4 is 5.32 Å². The van der Waals surface area contributed by atoms with Crippen LogP contribution in [0.2, 0.25) is 0 Å². The van der Waals surface area contributed by atoms with Crippen molar-refractivity contribution in [3.8, 4) is 5.69 Å². The van der Waals surface area contributed by atoms with Gasteiger partial charge in [0.15, 0.2) is 0 Å². The largest absolute Gasteiger partial charge is 0.352 e. The summed E-state index contributed by atoms with van der Waals surface area (Å²) in [6.07, 6.45) is 4.75. The molecule has 1 heterocycles. The first-order chi connectivity index (χ1) is 11.6. The monoisotopic (exact) mass is 345 g/mol. The van der Waals surface area contributed by atoms with Gasteiger partial charge in [-0.25, -0.2) is 0 Å². The summed E-state index contributed by atoms with van der Waals surface area (Å²) < 4.78 is 1.69. The maximum Gasteiger partial charge on any atom is 0.230 e. The molecule has 6 nitrogen and oxygen atoms in total. The molecular formula is C17H23N5OS. The summed E-state index contributed by atoms with van der Waals surface area (Å²) in [6.45, 7) is 4.23. The van der Waals surface area contributed by atoms with Crippen molar-refractivity contribution in [3.63, 3.8) is 0 Å². The van der Waals surface area contributed by atoms with E-state index < -0.39 is 0 Å². The Morgan fingerprint density at radius 1 is 1.33 bits per heavy atom. The smallest absolute Gasteiger partial charge is 0.230 e. The van der Waals surface area contributed by atoms with E-state index in [4.69, 9.17) is 0 Å². The highest BCUT2D eigenvalue weighted by atomic mass is 32.2. The number of benzene rings is 1. The van der Waals surface area contributed by atoms with Crippen LogP contribution >= 0.6 is 11.8 Å². The maximum absolute atomic E-state index is 12.3. The molecule has 1 aromatic carbocycles. The summed E-state index contributed by atoms with van der Waals surface area (Å²) in [5.74, 6) is 0.943. The van der Waals surface area contributed by atoms with Gasteiger partial charge in [-0.15, -0.1) is 5.10 Å². The lowest BCUT2D eigenvalue weighted by molar-refractivity contribution is -0.119. The van der Waals surface area contributed by atoms with Gasteiger partial charge in [-0.3, -0.25) is 4.79 Å². The van der Waals surface area contributed by atoms with Crippen molar-refractivity contribution in [2.75, 3.05) is 5.75 Å². The number of aromatic nitrogens is 4. The molecule has 1 amide bonds. The Labute approximate surface area is 146 Å². The van der Waals surface area contributed by atoms with Crippen LogP contribution in [-0.2, 0) is 4.79 Å². The Kier molecular flexibility index (Phi) is 5.50. The highest BCUT2D eigenvalue weighted by Crippen LogP contribution is 2.24. The molecule has 0 saturated heterocycles. The number of rotatable bonds is 5. The van der Waals surface area contributed by atoms with E-state index in [2.05, 4.69) is 27.8 Å². The Hall–Kier alpha value is -1.89. The van der Waals surface area contributed by atoms with Crippen molar-refractivity contribution in [1.82, 2.24) is 25.5 Å². The van der Waals surface area contributed by atoms with Crippen LogP contribution in [0.25, 0.3) is 5.69 Å². The number of carbonyl (C=O) groups is 1. The second-order valence-corrected chi connectivity index (χ2v) is 7.33. The number of para-hydroxylation sites is 1. The number of amides is 1. The molecule has 2 atom stereocenters. The zero-order valence-corrected chi connectivity index (χ0v) is 14.9. The minimum Gasteiger partial charge on any atom is -0.352 e. The molecule has 1 aromatic heterocycles. The zero-order chi connectivity index (χ0) is 16.9. The Bertz CT molecular complexity index is 702. The fourth-order valence-corrected chi connectivity index (χ4v) is 3.83. The second kappa shape index (κ2) is 7.79. The van der Waals surface area contributed by atoms with Crippen molar-refractivity contribution in [3.05, 3.63) is 29.8 Å². The van der Waals surface area contributed by atoms with E-state index in [1.165, 1.54) is 31.0 Å². The van der Waals surface area contributed by atoms with Crippen LogP contribution in [0.1, 0.15) is 38.2 Å². The second-order valence-electron chi connectivity index (χ2n) is 6.38. The SMILES string of the molecule is Cc1ccccc1-n1nnnc1SCC(=O)NC1CCCCC1C. The molecule has 2 aromatic rings. The Balaban J connectivity index is 1.60. The number of tetrazole rings is 1. The van der Waals surface area contributed by atoms with Crippen LogP contribution in [-0.4, -0.2) is 37.9 Å². The van der Waals surface area contributed by atoms with Gasteiger partial charge >= 0.3 is 0 Å². The van der Waals surface area contributed by atoms with Crippen LogP contribution in [0.4, 0.5) is 0 Å². The van der Waals surface area contributed by atoms with Crippen molar-refractivity contribution >= 4 is 17.7 Å². The van der Waals surface area contributed by atoms with Gasteiger partial charge in [0.05, 0.1) is 11.4 Å². The van der Waals surface area contributed by atoms with Crippen molar-refractivity contribution in [2.45, 2.75) is 50.7 Å². The molecule has 0 radical (unpaired) electrons. The first-order valence-electron chi connectivity index (χ1n) is 8.41. The number of hydrogen-bond donors (Lipinski definition) is 1. The van der Waals surface area contributed by atoms with Gasteiger partial charge < -0.3 is 5.32 Å². The molecule has 1 saturated carbocycles. The van der Waals surface area contributed by atoms with Crippen molar-refractivity contribution in [2.24, 2.45) is 5.92 Å². The first-order valence-corrected chi connectivity index (χ1v) is 9.40. The van der Waals surface area contributed by atoms with Gasteiger partial charge in [-0.05, 0) is 47.7 Å². The number of aryl methyl sites for hydroxylation is 1. The van der Waals surface area contributed by atoms with Gasteiger partial charge in [-0.1, -0.05) is 49.7 Å². The number of nitrogens with one attached hydrogen (secondary N) is 1. The number of carbonyl (C=O) groups excluding carboxylic acids is 1. The lowest BCUT2D eigenvalue weighted by Crippen LogP contribution is -2.41. The summed E-state index contributed by atoms with van der Waals surface area (Å²) >= 11 is 1.37. The predicted molar refractivity (Wildman–Crippen MR) is 94.2 cm³/mol. The highest BCUT2D eigenvalue weighted by Gasteiger charge is 2.23. The molecule has 128 valence electrons. The van der Waals surface area contributed by atoms with E-state index in [0.717, 1.165) is 17.7 Å². The van der Waals surface area contributed by atoms with Gasteiger partial charge in [0.2, 0.25) is 11.1 Å². The number of nitrogens with zero attached hydrogens (tertiary/aromatic N) is 4. The predicted octanol–water partition coefficient (Wildman–Crippen LogP) is 2.76. The summed E-state index contributed by atoms with van der Waals surface area (Å²) in [7, 11) is 0. The van der Waals surface area contributed by atoms with Crippen molar-refractivity contribution < 1.29 is 4.79 Å². The Morgan fingerprint density at radius 2 is 2.12 bits per heavy atom. The standard InChI is InChI=1S/C17H23N5OS/c1-12-7-3-5-9-14(12)18-16(23)11-24-17-19-20-21-22(17)15-10-6-4-8-13(15)2/h4,6,8,10,12,14H,3,5,7,9,11H2,1-2H3,(H,18,23). The third-order valence-corrected chi connectivity index (χ3v) is 5.49. The molecule has 1 fully saturated rings. The average Bonchev–Trinajstić information content (AvgIpc) is 3.04. The van der Waals surface area contributed by atoms with E-state index in [-0.39, 0.29) is 5.91 Å². The molecule has 1 N–H and O–H groups in total. The van der Waals surface area contributed by atoms with E-state index in [1.54, 1.807) is 4.68 Å².